The van der Waals surface area contributed by atoms with Gasteiger partial charge in [0.15, 0.2) is 0 Å². The van der Waals surface area contributed by atoms with Crippen LogP contribution in [0.2, 0.25) is 0 Å². The number of anilines is 2. The van der Waals surface area contributed by atoms with E-state index in [-0.39, 0.29) is 23.2 Å². The molecule has 2 heterocycles. The number of aromatic nitrogens is 2. The molecule has 0 unspecified atom stereocenters. The van der Waals surface area contributed by atoms with Crippen LogP contribution >= 0.6 is 0 Å². The maximum absolute atomic E-state index is 14.8. The molecule has 176 valence electrons. The smallest absolute Gasteiger partial charge is 0.150 e. The molecule has 3 aromatic rings. The molecule has 3 N–H and O–H groups in total. The zero-order valence-corrected chi connectivity index (χ0v) is 20.1. The predicted octanol–water partition coefficient (Wildman–Crippen LogP) is 4.44. The SMILES string of the molecule is COc1cc2nc(C)nc(N[C@H](C)c3cc(N)cc(C)c3F)c2cc1C1CCS(=O)(=O)CC1. The molecule has 1 atom stereocenters. The van der Waals surface area contributed by atoms with Gasteiger partial charge in [0, 0.05) is 22.7 Å². The normalized spacial score (nSPS) is 17.1. The van der Waals surface area contributed by atoms with Gasteiger partial charge in [-0.3, -0.25) is 0 Å². The van der Waals surface area contributed by atoms with Crippen molar-refractivity contribution in [3.63, 3.8) is 0 Å². The molecule has 1 aromatic heterocycles. The van der Waals surface area contributed by atoms with Crippen molar-refractivity contribution in [1.82, 2.24) is 9.97 Å². The Balaban J connectivity index is 1.77. The van der Waals surface area contributed by atoms with Crippen LogP contribution in [0.4, 0.5) is 15.9 Å². The number of ether oxygens (including phenoxy) is 1. The van der Waals surface area contributed by atoms with Crippen LogP contribution in [0.1, 0.15) is 54.2 Å². The highest BCUT2D eigenvalue weighted by Gasteiger charge is 2.28. The fraction of sp³-hybridized carbons (Fsp3) is 0.417. The minimum atomic E-state index is -2.98. The number of fused-ring (bicyclic) bond motifs is 1. The molecule has 1 aliphatic heterocycles. The second-order valence-electron chi connectivity index (χ2n) is 8.76. The molecule has 0 aliphatic carbocycles. The maximum atomic E-state index is 14.8. The van der Waals surface area contributed by atoms with Crippen LogP contribution in [-0.4, -0.2) is 37.0 Å². The van der Waals surface area contributed by atoms with Crippen LogP contribution in [0.25, 0.3) is 10.9 Å². The lowest BCUT2D eigenvalue weighted by molar-refractivity contribution is 0.403. The van der Waals surface area contributed by atoms with Crippen molar-refractivity contribution >= 4 is 32.2 Å². The van der Waals surface area contributed by atoms with E-state index in [0.29, 0.717) is 52.6 Å². The first-order chi connectivity index (χ1) is 15.6. The van der Waals surface area contributed by atoms with Crippen molar-refractivity contribution in [1.29, 1.82) is 0 Å². The van der Waals surface area contributed by atoms with Crippen LogP contribution in [0.5, 0.6) is 5.75 Å². The molecule has 1 saturated heterocycles. The first-order valence-electron chi connectivity index (χ1n) is 11.0. The van der Waals surface area contributed by atoms with Crippen LogP contribution in [0, 0.1) is 19.7 Å². The molecule has 4 rings (SSSR count). The van der Waals surface area contributed by atoms with Gasteiger partial charge in [-0.05, 0) is 68.9 Å². The average Bonchev–Trinajstić information content (AvgIpc) is 2.75. The molecule has 1 aliphatic rings. The molecular formula is C24H29FN4O3S. The van der Waals surface area contributed by atoms with Crippen molar-refractivity contribution in [3.05, 3.63) is 52.6 Å². The number of hydrogen-bond acceptors (Lipinski definition) is 7. The van der Waals surface area contributed by atoms with Gasteiger partial charge >= 0.3 is 0 Å². The minimum absolute atomic E-state index is 0.0634. The third-order valence-electron chi connectivity index (χ3n) is 6.28. The highest BCUT2D eigenvalue weighted by molar-refractivity contribution is 7.91. The standard InChI is InChI=1S/C24H29FN4O3S/c1-13-9-17(26)10-18(23(13)25)14(2)27-24-20-11-19(16-5-7-33(30,31)8-6-16)22(32-4)12-21(20)28-15(3)29-24/h9-12,14,16H,5-8,26H2,1-4H3,(H,27,28,29)/t14-/m1/s1. The fourth-order valence-corrected chi connectivity index (χ4v) is 6.01. The van der Waals surface area contributed by atoms with E-state index in [1.54, 1.807) is 33.1 Å². The van der Waals surface area contributed by atoms with E-state index in [1.165, 1.54) is 0 Å². The van der Waals surface area contributed by atoms with Crippen molar-refractivity contribution < 1.29 is 17.5 Å². The molecule has 0 saturated carbocycles. The van der Waals surface area contributed by atoms with Gasteiger partial charge in [-0.2, -0.15) is 0 Å². The number of nitrogens with two attached hydrogens (primary N) is 1. The summed E-state index contributed by atoms with van der Waals surface area (Å²) in [6, 6.07) is 6.69. The number of halogens is 1. The quantitative estimate of drug-likeness (QED) is 0.529. The van der Waals surface area contributed by atoms with E-state index in [9.17, 15) is 12.8 Å². The Hall–Kier alpha value is -2.94. The molecule has 0 bridgehead atoms. The number of nitrogen functional groups attached to an aromatic ring is 1. The lowest BCUT2D eigenvalue weighted by atomic mass is 9.91. The zero-order chi connectivity index (χ0) is 23.9. The summed E-state index contributed by atoms with van der Waals surface area (Å²) in [6.45, 7) is 5.35. The number of hydrogen-bond donors (Lipinski definition) is 2. The molecule has 0 amide bonds. The number of nitrogens with one attached hydrogen (secondary N) is 1. The largest absolute Gasteiger partial charge is 0.496 e. The Kier molecular flexibility index (Phi) is 6.18. The summed E-state index contributed by atoms with van der Waals surface area (Å²) >= 11 is 0. The van der Waals surface area contributed by atoms with Gasteiger partial charge in [0.05, 0.1) is 30.2 Å². The van der Waals surface area contributed by atoms with Crippen LogP contribution in [-0.2, 0) is 9.84 Å². The molecule has 9 heteroatoms. The van der Waals surface area contributed by atoms with E-state index in [4.69, 9.17) is 10.5 Å². The first-order valence-corrected chi connectivity index (χ1v) is 12.8. The first kappa shape index (κ1) is 23.2. The number of sulfone groups is 1. The predicted molar refractivity (Wildman–Crippen MR) is 129 cm³/mol. The van der Waals surface area contributed by atoms with Crippen molar-refractivity contribution in [2.75, 3.05) is 29.7 Å². The monoisotopic (exact) mass is 472 g/mol. The molecule has 7 nitrogen and oxygen atoms in total. The van der Waals surface area contributed by atoms with E-state index in [1.807, 2.05) is 19.1 Å². The minimum Gasteiger partial charge on any atom is -0.496 e. The van der Waals surface area contributed by atoms with Crippen LogP contribution in [0.15, 0.2) is 24.3 Å². The molecular weight excluding hydrogens is 443 g/mol. The van der Waals surface area contributed by atoms with Gasteiger partial charge in [-0.25, -0.2) is 22.8 Å². The van der Waals surface area contributed by atoms with Gasteiger partial charge in [-0.1, -0.05) is 0 Å². The van der Waals surface area contributed by atoms with Crippen LogP contribution < -0.4 is 15.8 Å². The average molecular weight is 473 g/mol. The van der Waals surface area contributed by atoms with Gasteiger partial charge in [0.25, 0.3) is 0 Å². The van der Waals surface area contributed by atoms with E-state index in [2.05, 4.69) is 15.3 Å². The topological polar surface area (TPSA) is 107 Å². The summed E-state index contributed by atoms with van der Waals surface area (Å²) < 4.78 is 44.3. The van der Waals surface area contributed by atoms with Gasteiger partial charge in [0.2, 0.25) is 0 Å². The molecule has 0 radical (unpaired) electrons. The number of rotatable bonds is 5. The summed E-state index contributed by atoms with van der Waals surface area (Å²) in [4.78, 5) is 9.15. The van der Waals surface area contributed by atoms with Gasteiger partial charge in [-0.15, -0.1) is 0 Å². The molecule has 2 aromatic carbocycles. The maximum Gasteiger partial charge on any atom is 0.150 e. The summed E-state index contributed by atoms with van der Waals surface area (Å²) in [5, 5.41) is 4.11. The fourth-order valence-electron chi connectivity index (χ4n) is 4.52. The van der Waals surface area contributed by atoms with Crippen molar-refractivity contribution in [3.8, 4) is 5.75 Å². The number of benzene rings is 2. The second-order valence-corrected chi connectivity index (χ2v) is 11.1. The highest BCUT2D eigenvalue weighted by atomic mass is 32.2. The zero-order valence-electron chi connectivity index (χ0n) is 19.3. The third-order valence-corrected chi connectivity index (χ3v) is 7.99. The Morgan fingerprint density at radius 1 is 1.15 bits per heavy atom. The number of nitrogens with zero attached hydrogens (tertiary/aromatic N) is 2. The van der Waals surface area contributed by atoms with Crippen molar-refractivity contribution in [2.45, 2.75) is 45.6 Å². The van der Waals surface area contributed by atoms with E-state index < -0.39 is 15.9 Å². The number of aryl methyl sites for hydroxylation is 2. The lowest BCUT2D eigenvalue weighted by Gasteiger charge is -2.25. The third kappa shape index (κ3) is 4.73. The molecule has 1 fully saturated rings. The Morgan fingerprint density at radius 3 is 2.52 bits per heavy atom. The van der Waals surface area contributed by atoms with Crippen molar-refractivity contribution in [2.24, 2.45) is 0 Å². The summed E-state index contributed by atoms with van der Waals surface area (Å²) in [5.41, 5.74) is 9.04. The Labute approximate surface area is 193 Å². The van der Waals surface area contributed by atoms with E-state index >= 15 is 0 Å². The molecule has 33 heavy (non-hydrogen) atoms. The Morgan fingerprint density at radius 2 is 1.85 bits per heavy atom. The lowest BCUT2D eigenvalue weighted by Crippen LogP contribution is -2.22. The summed E-state index contributed by atoms with van der Waals surface area (Å²) in [5.74, 6) is 1.93. The van der Waals surface area contributed by atoms with Gasteiger partial charge in [0.1, 0.15) is 33.0 Å². The summed E-state index contributed by atoms with van der Waals surface area (Å²) in [6.07, 6.45) is 1.09. The number of methoxy groups -OCH3 is 1. The van der Waals surface area contributed by atoms with Gasteiger partial charge < -0.3 is 15.8 Å². The highest BCUT2D eigenvalue weighted by Crippen LogP contribution is 2.39. The summed E-state index contributed by atoms with van der Waals surface area (Å²) in [7, 11) is -1.38. The molecule has 0 spiro atoms. The Bertz CT molecular complexity index is 1310. The van der Waals surface area contributed by atoms with E-state index in [0.717, 1.165) is 10.9 Å². The second kappa shape index (κ2) is 8.78. The van der Waals surface area contributed by atoms with Crippen LogP contribution in [0.3, 0.4) is 0 Å².